The molecule has 0 radical (unpaired) electrons. The molecule has 1 aliphatic heterocycles. The summed E-state index contributed by atoms with van der Waals surface area (Å²) in [4.78, 5) is 0. The predicted molar refractivity (Wildman–Crippen MR) is 65.9 cm³/mol. The van der Waals surface area contributed by atoms with Gasteiger partial charge in [-0.1, -0.05) is 6.07 Å². The Morgan fingerprint density at radius 2 is 2.00 bits per heavy atom. The summed E-state index contributed by atoms with van der Waals surface area (Å²) in [6.07, 6.45) is 0.837. The van der Waals surface area contributed by atoms with Crippen molar-refractivity contribution in [2.75, 3.05) is 0 Å². The van der Waals surface area contributed by atoms with E-state index in [9.17, 15) is 5.11 Å². The molecule has 0 saturated heterocycles. The van der Waals surface area contributed by atoms with Gasteiger partial charge in [-0.05, 0) is 44.9 Å². The number of nitrogens with zero attached hydrogens (tertiary/aromatic N) is 1. The van der Waals surface area contributed by atoms with Gasteiger partial charge in [-0.2, -0.15) is 5.10 Å². The molecule has 1 aromatic rings. The Hall–Kier alpha value is -1.51. The highest BCUT2D eigenvalue weighted by atomic mass is 16.3. The second kappa shape index (κ2) is 3.51. The van der Waals surface area contributed by atoms with E-state index in [0.29, 0.717) is 5.75 Å². The molecule has 0 fully saturated rings. The third-order valence-corrected chi connectivity index (χ3v) is 2.86. The van der Waals surface area contributed by atoms with E-state index in [1.54, 1.807) is 0 Å². The summed E-state index contributed by atoms with van der Waals surface area (Å²) in [7, 11) is 0. The summed E-state index contributed by atoms with van der Waals surface area (Å²) in [6.45, 7) is 8.15. The van der Waals surface area contributed by atoms with Gasteiger partial charge >= 0.3 is 0 Å². The minimum Gasteiger partial charge on any atom is -0.507 e. The first-order valence-electron chi connectivity index (χ1n) is 5.53. The van der Waals surface area contributed by atoms with Crippen molar-refractivity contribution in [3.8, 4) is 5.75 Å². The highest BCUT2D eigenvalue weighted by Gasteiger charge is 2.28. The fraction of sp³-hybridized carbons (Fsp3) is 0.462. The Morgan fingerprint density at radius 1 is 1.31 bits per heavy atom. The van der Waals surface area contributed by atoms with Gasteiger partial charge < -0.3 is 10.5 Å². The molecule has 0 amide bonds. The SMILES string of the molecule is Cc1cc(C)c(O)c(C2=NNC(C)(C)C2)c1. The minimum absolute atomic E-state index is 0.0145. The second-order valence-corrected chi connectivity index (χ2v) is 5.21. The zero-order valence-electron chi connectivity index (χ0n) is 10.3. The first-order valence-corrected chi connectivity index (χ1v) is 5.53. The molecule has 0 bridgehead atoms. The van der Waals surface area contributed by atoms with Crippen LogP contribution in [-0.4, -0.2) is 16.4 Å². The van der Waals surface area contributed by atoms with E-state index < -0.39 is 0 Å². The van der Waals surface area contributed by atoms with Crippen molar-refractivity contribution in [2.24, 2.45) is 5.10 Å². The first-order chi connectivity index (χ1) is 7.39. The number of aryl methyl sites for hydroxylation is 2. The fourth-order valence-electron chi connectivity index (χ4n) is 2.05. The molecule has 86 valence electrons. The molecule has 1 aromatic carbocycles. The molecule has 0 spiro atoms. The minimum atomic E-state index is -0.0145. The maximum atomic E-state index is 10.0. The van der Waals surface area contributed by atoms with Gasteiger partial charge in [0.15, 0.2) is 0 Å². The third kappa shape index (κ3) is 1.90. The van der Waals surface area contributed by atoms with Gasteiger partial charge in [0.2, 0.25) is 0 Å². The zero-order valence-corrected chi connectivity index (χ0v) is 10.3. The lowest BCUT2D eigenvalue weighted by molar-refractivity contribution is 0.446. The topological polar surface area (TPSA) is 44.6 Å². The number of phenols is 1. The monoisotopic (exact) mass is 218 g/mol. The van der Waals surface area contributed by atoms with E-state index in [-0.39, 0.29) is 5.54 Å². The van der Waals surface area contributed by atoms with Gasteiger partial charge in [0.05, 0.1) is 11.3 Å². The quantitative estimate of drug-likeness (QED) is 0.760. The van der Waals surface area contributed by atoms with Crippen LogP contribution in [0.2, 0.25) is 0 Å². The van der Waals surface area contributed by atoms with Crippen molar-refractivity contribution in [1.82, 2.24) is 5.43 Å². The Morgan fingerprint density at radius 3 is 2.56 bits per heavy atom. The standard InChI is InChI=1S/C13H18N2O/c1-8-5-9(2)12(16)10(6-8)11-7-13(3,4)15-14-11/h5-6,15-16H,7H2,1-4H3. The molecule has 3 nitrogen and oxygen atoms in total. The van der Waals surface area contributed by atoms with Gasteiger partial charge in [-0.3, -0.25) is 0 Å². The summed E-state index contributed by atoms with van der Waals surface area (Å²) >= 11 is 0. The largest absolute Gasteiger partial charge is 0.507 e. The molecule has 3 heteroatoms. The van der Waals surface area contributed by atoms with Crippen LogP contribution in [0.1, 0.15) is 37.0 Å². The van der Waals surface area contributed by atoms with Gasteiger partial charge in [-0.25, -0.2) is 0 Å². The maximum Gasteiger partial charge on any atom is 0.127 e. The Balaban J connectivity index is 2.43. The van der Waals surface area contributed by atoms with E-state index >= 15 is 0 Å². The lowest BCUT2D eigenvalue weighted by Gasteiger charge is -2.16. The molecular formula is C13H18N2O. The number of hydrogen-bond donors (Lipinski definition) is 2. The van der Waals surface area contributed by atoms with Crippen LogP contribution < -0.4 is 5.43 Å². The van der Waals surface area contributed by atoms with E-state index in [1.165, 1.54) is 0 Å². The number of benzene rings is 1. The van der Waals surface area contributed by atoms with Gasteiger partial charge in [-0.15, -0.1) is 0 Å². The average Bonchev–Trinajstić information content (AvgIpc) is 2.52. The number of rotatable bonds is 1. The molecule has 0 unspecified atom stereocenters. The Labute approximate surface area is 96.2 Å². The van der Waals surface area contributed by atoms with Crippen molar-refractivity contribution in [2.45, 2.75) is 39.7 Å². The average molecular weight is 218 g/mol. The molecule has 16 heavy (non-hydrogen) atoms. The predicted octanol–water partition coefficient (Wildman–Crippen LogP) is 2.49. The molecule has 0 atom stereocenters. The van der Waals surface area contributed by atoms with Crippen LogP contribution in [0.3, 0.4) is 0 Å². The molecule has 2 N–H and O–H groups in total. The maximum absolute atomic E-state index is 10.0. The zero-order chi connectivity index (χ0) is 11.9. The highest BCUT2D eigenvalue weighted by Crippen LogP contribution is 2.29. The molecule has 1 heterocycles. The van der Waals surface area contributed by atoms with Crippen LogP contribution in [0.5, 0.6) is 5.75 Å². The smallest absolute Gasteiger partial charge is 0.127 e. The number of hydrogen-bond acceptors (Lipinski definition) is 3. The fourth-order valence-corrected chi connectivity index (χ4v) is 2.05. The normalized spacial score (nSPS) is 18.1. The lowest BCUT2D eigenvalue weighted by Crippen LogP contribution is -2.30. The van der Waals surface area contributed by atoms with Crippen molar-refractivity contribution >= 4 is 5.71 Å². The van der Waals surface area contributed by atoms with Gasteiger partial charge in [0.1, 0.15) is 5.75 Å². The molecular weight excluding hydrogens is 200 g/mol. The van der Waals surface area contributed by atoms with Crippen molar-refractivity contribution < 1.29 is 5.11 Å². The van der Waals surface area contributed by atoms with E-state index in [0.717, 1.165) is 28.8 Å². The van der Waals surface area contributed by atoms with Crippen molar-refractivity contribution in [3.05, 3.63) is 28.8 Å². The van der Waals surface area contributed by atoms with Gasteiger partial charge in [0.25, 0.3) is 0 Å². The summed E-state index contributed by atoms with van der Waals surface area (Å²) in [5, 5.41) is 14.4. The Kier molecular flexibility index (Phi) is 2.41. The first kappa shape index (κ1) is 11.0. The van der Waals surface area contributed by atoms with Crippen LogP contribution in [0.4, 0.5) is 0 Å². The van der Waals surface area contributed by atoms with E-state index in [2.05, 4.69) is 24.4 Å². The number of nitrogens with one attached hydrogen (secondary N) is 1. The van der Waals surface area contributed by atoms with Crippen LogP contribution in [0.15, 0.2) is 17.2 Å². The highest BCUT2D eigenvalue weighted by molar-refractivity contribution is 6.04. The third-order valence-electron chi connectivity index (χ3n) is 2.86. The number of phenolic OH excluding ortho intramolecular Hbond substituents is 1. The summed E-state index contributed by atoms with van der Waals surface area (Å²) in [5.74, 6) is 0.351. The molecule has 2 rings (SSSR count). The van der Waals surface area contributed by atoms with Crippen LogP contribution >= 0.6 is 0 Å². The van der Waals surface area contributed by atoms with E-state index in [4.69, 9.17) is 0 Å². The molecule has 0 aliphatic carbocycles. The molecule has 1 aliphatic rings. The summed E-state index contributed by atoms with van der Waals surface area (Å²) in [5.41, 5.74) is 6.92. The summed E-state index contributed by atoms with van der Waals surface area (Å²) in [6, 6.07) is 3.97. The van der Waals surface area contributed by atoms with Crippen molar-refractivity contribution in [3.63, 3.8) is 0 Å². The number of hydrazone groups is 1. The van der Waals surface area contributed by atoms with Crippen molar-refractivity contribution in [1.29, 1.82) is 0 Å². The summed E-state index contributed by atoms with van der Waals surface area (Å²) < 4.78 is 0. The van der Waals surface area contributed by atoms with Crippen LogP contribution in [-0.2, 0) is 0 Å². The van der Waals surface area contributed by atoms with E-state index in [1.807, 2.05) is 26.0 Å². The van der Waals surface area contributed by atoms with Crippen LogP contribution in [0.25, 0.3) is 0 Å². The van der Waals surface area contributed by atoms with Gasteiger partial charge in [0, 0.05) is 12.0 Å². The Bertz CT molecular complexity index is 461. The number of aromatic hydroxyl groups is 1. The molecule has 0 saturated carbocycles. The lowest BCUT2D eigenvalue weighted by atomic mass is 9.93. The second-order valence-electron chi connectivity index (χ2n) is 5.21. The molecule has 0 aromatic heterocycles. The van der Waals surface area contributed by atoms with Crippen LogP contribution in [0, 0.1) is 13.8 Å².